The van der Waals surface area contributed by atoms with Gasteiger partial charge >= 0.3 is 69.5 Å². The Hall–Kier alpha value is 1.87. The van der Waals surface area contributed by atoms with E-state index in [1.807, 2.05) is 0 Å². The summed E-state index contributed by atoms with van der Waals surface area (Å²) in [5, 5.41) is 0. The van der Waals surface area contributed by atoms with Crippen LogP contribution in [0.3, 0.4) is 0 Å². The molecule has 0 saturated carbocycles. The fourth-order valence-electron chi connectivity index (χ4n) is 2.11. The standard InChI is InChI=1S/C14H30O4S.2Na.2H/c1-2-3-4-5-6-7-8-9-10-11-12-13-14-18-19(15,16)17;;;;/h2-14H2,1H3,(H,15,16,17);;;;/q;2*+1;2*-1. The van der Waals surface area contributed by atoms with E-state index in [2.05, 4.69) is 11.1 Å². The first-order valence-electron chi connectivity index (χ1n) is 7.68. The van der Waals surface area contributed by atoms with Crippen molar-refractivity contribution in [2.24, 2.45) is 0 Å². The first-order chi connectivity index (χ1) is 9.06. The molecule has 0 aromatic heterocycles. The molecule has 0 saturated heterocycles. The Balaban J connectivity index is -0.000000270. The first kappa shape index (κ1) is 27.7. The normalized spacial score (nSPS) is 10.8. The molecule has 0 heterocycles. The van der Waals surface area contributed by atoms with Crippen molar-refractivity contribution in [1.29, 1.82) is 0 Å². The van der Waals surface area contributed by atoms with Gasteiger partial charge in [-0.25, -0.2) is 4.18 Å². The van der Waals surface area contributed by atoms with Crippen LogP contribution in [0.25, 0.3) is 0 Å². The van der Waals surface area contributed by atoms with E-state index in [0.29, 0.717) is 6.42 Å². The number of rotatable bonds is 14. The largest absolute Gasteiger partial charge is 1.00 e. The van der Waals surface area contributed by atoms with Gasteiger partial charge in [0.1, 0.15) is 0 Å². The van der Waals surface area contributed by atoms with Gasteiger partial charge in [0, 0.05) is 0 Å². The average molecular weight is 342 g/mol. The fourth-order valence-corrected chi connectivity index (χ4v) is 2.44. The molecule has 0 aromatic carbocycles. The van der Waals surface area contributed by atoms with Crippen LogP contribution in [0.1, 0.15) is 86.8 Å². The molecule has 0 aliphatic carbocycles. The van der Waals surface area contributed by atoms with Crippen LogP contribution >= 0.6 is 0 Å². The SMILES string of the molecule is CCCCCCCCCCCCCCOS(=O)(=O)O.[H-].[H-].[Na+].[Na+]. The predicted molar refractivity (Wildman–Crippen MR) is 80.8 cm³/mol. The minimum atomic E-state index is -4.24. The molecule has 0 amide bonds. The van der Waals surface area contributed by atoms with Crippen LogP contribution in [-0.2, 0) is 14.6 Å². The van der Waals surface area contributed by atoms with Gasteiger partial charge in [-0.05, 0) is 6.42 Å². The number of hydrogen-bond donors (Lipinski definition) is 1. The van der Waals surface area contributed by atoms with E-state index in [4.69, 9.17) is 4.55 Å². The first-order valence-corrected chi connectivity index (χ1v) is 9.04. The summed E-state index contributed by atoms with van der Waals surface area (Å²) < 4.78 is 33.1. The van der Waals surface area contributed by atoms with Gasteiger partial charge < -0.3 is 2.85 Å². The maximum atomic E-state index is 10.3. The van der Waals surface area contributed by atoms with Gasteiger partial charge in [0.05, 0.1) is 6.61 Å². The monoisotopic (exact) mass is 342 g/mol. The molecule has 0 atom stereocenters. The molecule has 1 N–H and O–H groups in total. The van der Waals surface area contributed by atoms with Crippen molar-refractivity contribution < 1.29 is 79.1 Å². The molecule has 7 heteroatoms. The molecule has 0 radical (unpaired) electrons. The molecule has 0 fully saturated rings. The van der Waals surface area contributed by atoms with E-state index < -0.39 is 10.4 Å². The van der Waals surface area contributed by atoms with Crippen molar-refractivity contribution in [3.05, 3.63) is 0 Å². The minimum Gasteiger partial charge on any atom is -1.00 e. The summed E-state index contributed by atoms with van der Waals surface area (Å²) in [4.78, 5) is 0. The molecule has 21 heavy (non-hydrogen) atoms. The molecule has 0 aliphatic heterocycles. The molecular formula is C14H32Na2O4S. The van der Waals surface area contributed by atoms with Crippen LogP contribution < -0.4 is 59.1 Å². The molecular weight excluding hydrogens is 310 g/mol. The van der Waals surface area contributed by atoms with E-state index >= 15 is 0 Å². The van der Waals surface area contributed by atoms with Crippen LogP contribution in [0.2, 0.25) is 0 Å². The van der Waals surface area contributed by atoms with E-state index in [1.54, 1.807) is 0 Å². The molecule has 0 bridgehead atoms. The molecule has 0 unspecified atom stereocenters. The van der Waals surface area contributed by atoms with E-state index in [9.17, 15) is 8.42 Å². The zero-order chi connectivity index (χ0) is 14.4. The van der Waals surface area contributed by atoms with Gasteiger partial charge in [0.25, 0.3) is 0 Å². The Morgan fingerprint density at radius 2 is 1.10 bits per heavy atom. The van der Waals surface area contributed by atoms with Crippen LogP contribution in [0, 0.1) is 0 Å². The van der Waals surface area contributed by atoms with Crippen LogP contribution in [-0.4, -0.2) is 19.6 Å². The van der Waals surface area contributed by atoms with Crippen molar-refractivity contribution in [2.75, 3.05) is 6.61 Å². The molecule has 0 aliphatic rings. The Bertz CT molecular complexity index is 295. The topological polar surface area (TPSA) is 63.6 Å². The summed E-state index contributed by atoms with van der Waals surface area (Å²) in [6.07, 6.45) is 14.7. The minimum absolute atomic E-state index is 0. The van der Waals surface area contributed by atoms with Gasteiger partial charge in [-0.15, -0.1) is 0 Å². The second kappa shape index (κ2) is 19.9. The summed E-state index contributed by atoms with van der Waals surface area (Å²) in [6.45, 7) is 2.33. The Labute approximate surface area is 178 Å². The summed E-state index contributed by atoms with van der Waals surface area (Å²) in [6, 6.07) is 0. The summed E-state index contributed by atoms with van der Waals surface area (Å²) >= 11 is 0. The zero-order valence-electron chi connectivity index (χ0n) is 16.3. The molecule has 120 valence electrons. The molecule has 0 spiro atoms. The van der Waals surface area contributed by atoms with Crippen molar-refractivity contribution >= 4 is 10.4 Å². The van der Waals surface area contributed by atoms with Crippen LogP contribution in [0.5, 0.6) is 0 Å². The van der Waals surface area contributed by atoms with E-state index in [-0.39, 0.29) is 68.6 Å². The second-order valence-electron chi connectivity index (χ2n) is 5.14. The quantitative estimate of drug-likeness (QED) is 0.243. The predicted octanol–water partition coefficient (Wildman–Crippen LogP) is -1.26. The summed E-state index contributed by atoms with van der Waals surface area (Å²) in [5.41, 5.74) is 0. The maximum absolute atomic E-state index is 10.3. The third-order valence-electron chi connectivity index (χ3n) is 3.23. The molecule has 0 rings (SSSR count). The smallest absolute Gasteiger partial charge is 1.00 e. The van der Waals surface area contributed by atoms with Crippen LogP contribution in [0.4, 0.5) is 0 Å². The Morgan fingerprint density at radius 1 is 0.762 bits per heavy atom. The summed E-state index contributed by atoms with van der Waals surface area (Å²) in [5.74, 6) is 0. The average Bonchev–Trinajstić information content (AvgIpc) is 2.34. The van der Waals surface area contributed by atoms with Crippen LogP contribution in [0.15, 0.2) is 0 Å². The van der Waals surface area contributed by atoms with Crippen molar-refractivity contribution in [3.8, 4) is 0 Å². The summed E-state index contributed by atoms with van der Waals surface area (Å²) in [7, 11) is -4.24. The number of unbranched alkanes of at least 4 members (excludes halogenated alkanes) is 11. The third kappa shape index (κ3) is 27.0. The van der Waals surface area contributed by atoms with Gasteiger partial charge in [-0.2, -0.15) is 8.42 Å². The second-order valence-corrected chi connectivity index (χ2v) is 6.23. The maximum Gasteiger partial charge on any atom is 1.00 e. The van der Waals surface area contributed by atoms with Crippen molar-refractivity contribution in [3.63, 3.8) is 0 Å². The zero-order valence-corrected chi connectivity index (χ0v) is 19.1. The molecule has 0 aromatic rings. The van der Waals surface area contributed by atoms with E-state index in [1.165, 1.54) is 57.8 Å². The Morgan fingerprint density at radius 3 is 1.43 bits per heavy atom. The van der Waals surface area contributed by atoms with Gasteiger partial charge in [0.15, 0.2) is 0 Å². The Kier molecular flexibility index (Phi) is 26.3. The number of hydrogen-bond acceptors (Lipinski definition) is 3. The fraction of sp³-hybridized carbons (Fsp3) is 1.00. The molecule has 4 nitrogen and oxygen atoms in total. The van der Waals surface area contributed by atoms with Crippen molar-refractivity contribution in [2.45, 2.75) is 84.0 Å². The van der Waals surface area contributed by atoms with Gasteiger partial charge in [-0.3, -0.25) is 4.55 Å². The van der Waals surface area contributed by atoms with Gasteiger partial charge in [0.2, 0.25) is 0 Å². The van der Waals surface area contributed by atoms with E-state index in [0.717, 1.165) is 12.8 Å². The van der Waals surface area contributed by atoms with Crippen molar-refractivity contribution in [1.82, 2.24) is 0 Å². The third-order valence-corrected chi connectivity index (χ3v) is 3.69. The van der Waals surface area contributed by atoms with Gasteiger partial charge in [-0.1, -0.05) is 77.6 Å².